The van der Waals surface area contributed by atoms with Gasteiger partial charge in [-0.25, -0.2) is 0 Å². The van der Waals surface area contributed by atoms with E-state index in [4.69, 9.17) is 4.74 Å². The smallest absolute Gasteiger partial charge is 0.229 e. The Kier molecular flexibility index (Phi) is 4.25. The molecule has 0 fully saturated rings. The van der Waals surface area contributed by atoms with E-state index in [0.29, 0.717) is 11.4 Å². The van der Waals surface area contributed by atoms with Gasteiger partial charge in [-0.3, -0.25) is 4.79 Å². The third-order valence-corrected chi connectivity index (χ3v) is 2.97. The molecular weight excluding hydrogens is 254 g/mol. The number of methoxy groups -OCH3 is 1. The van der Waals surface area contributed by atoms with Crippen molar-refractivity contribution in [2.45, 2.75) is 13.3 Å². The van der Waals surface area contributed by atoms with Gasteiger partial charge in [0.15, 0.2) is 0 Å². The number of carbonyl (C=O) groups is 1. The summed E-state index contributed by atoms with van der Waals surface area (Å²) >= 11 is 0. The van der Waals surface area contributed by atoms with Gasteiger partial charge in [-0.15, -0.1) is 0 Å². The number of carbonyl (C=O) groups excluding carboxylic acids is 1. The minimum Gasteiger partial charge on any atom is -0.506 e. The Balaban J connectivity index is 2.09. The van der Waals surface area contributed by atoms with Crippen LogP contribution in [0.15, 0.2) is 42.5 Å². The number of ether oxygens (including phenoxy) is 1. The minimum absolute atomic E-state index is 0.0679. The Hall–Kier alpha value is -2.49. The van der Waals surface area contributed by atoms with Gasteiger partial charge in [0, 0.05) is 5.56 Å². The number of phenolic OH excluding ortho intramolecular Hbond substituents is 1. The second-order valence-corrected chi connectivity index (χ2v) is 4.56. The summed E-state index contributed by atoms with van der Waals surface area (Å²) < 4.78 is 5.21. The molecule has 0 aliphatic heterocycles. The van der Waals surface area contributed by atoms with E-state index >= 15 is 0 Å². The third-order valence-electron chi connectivity index (χ3n) is 2.97. The SMILES string of the molecule is COc1ccccc1CC(=O)Nc1ccc(C)cc1O. The van der Waals surface area contributed by atoms with Crippen molar-refractivity contribution in [3.8, 4) is 11.5 Å². The first-order valence-electron chi connectivity index (χ1n) is 6.31. The molecule has 2 aromatic rings. The number of benzene rings is 2. The summed E-state index contributed by atoms with van der Waals surface area (Å²) in [5, 5.41) is 12.5. The highest BCUT2D eigenvalue weighted by Gasteiger charge is 2.10. The molecular formula is C16H17NO3. The fraction of sp³-hybridized carbons (Fsp3) is 0.188. The first-order chi connectivity index (χ1) is 9.60. The van der Waals surface area contributed by atoms with Gasteiger partial charge in [0.25, 0.3) is 0 Å². The average molecular weight is 271 g/mol. The fourth-order valence-electron chi connectivity index (χ4n) is 1.96. The summed E-state index contributed by atoms with van der Waals surface area (Å²) in [5.74, 6) is 0.544. The molecule has 2 rings (SSSR count). The quantitative estimate of drug-likeness (QED) is 0.841. The first kappa shape index (κ1) is 13.9. The Labute approximate surface area is 118 Å². The lowest BCUT2D eigenvalue weighted by Gasteiger charge is -2.10. The number of anilines is 1. The number of aromatic hydroxyl groups is 1. The topological polar surface area (TPSA) is 58.6 Å². The molecule has 0 aromatic heterocycles. The summed E-state index contributed by atoms with van der Waals surface area (Å²) in [5.41, 5.74) is 2.15. The molecule has 0 heterocycles. The first-order valence-corrected chi connectivity index (χ1v) is 6.31. The van der Waals surface area contributed by atoms with Crippen LogP contribution >= 0.6 is 0 Å². The lowest BCUT2D eigenvalue weighted by atomic mass is 10.1. The lowest BCUT2D eigenvalue weighted by molar-refractivity contribution is -0.115. The zero-order chi connectivity index (χ0) is 14.5. The highest BCUT2D eigenvalue weighted by Crippen LogP contribution is 2.24. The fourth-order valence-corrected chi connectivity index (χ4v) is 1.96. The van der Waals surface area contributed by atoms with Crippen molar-refractivity contribution in [3.63, 3.8) is 0 Å². The van der Waals surface area contributed by atoms with Crippen LogP contribution in [-0.4, -0.2) is 18.1 Å². The van der Waals surface area contributed by atoms with Crippen LogP contribution < -0.4 is 10.1 Å². The number of rotatable bonds is 4. The van der Waals surface area contributed by atoms with Gasteiger partial charge in [-0.05, 0) is 30.7 Å². The van der Waals surface area contributed by atoms with E-state index in [-0.39, 0.29) is 18.1 Å². The molecule has 0 saturated heterocycles. The van der Waals surface area contributed by atoms with E-state index in [2.05, 4.69) is 5.32 Å². The molecule has 0 bridgehead atoms. The van der Waals surface area contributed by atoms with Crippen LogP contribution in [0, 0.1) is 6.92 Å². The number of hydrogen-bond acceptors (Lipinski definition) is 3. The molecule has 0 spiro atoms. The van der Waals surface area contributed by atoms with E-state index in [9.17, 15) is 9.90 Å². The zero-order valence-corrected chi connectivity index (χ0v) is 11.5. The number of phenols is 1. The summed E-state index contributed by atoms with van der Waals surface area (Å²) in [7, 11) is 1.57. The van der Waals surface area contributed by atoms with Crippen LogP contribution in [0.25, 0.3) is 0 Å². The molecule has 1 amide bonds. The maximum Gasteiger partial charge on any atom is 0.229 e. The normalized spacial score (nSPS) is 10.1. The van der Waals surface area contributed by atoms with Gasteiger partial charge in [0.05, 0.1) is 19.2 Å². The predicted octanol–water partition coefficient (Wildman–Crippen LogP) is 2.89. The Morgan fingerprint density at radius 3 is 2.70 bits per heavy atom. The molecule has 0 atom stereocenters. The molecule has 0 saturated carbocycles. The Morgan fingerprint density at radius 2 is 2.00 bits per heavy atom. The summed E-state index contributed by atoms with van der Waals surface area (Å²) in [6, 6.07) is 12.5. The second kappa shape index (κ2) is 6.10. The van der Waals surface area contributed by atoms with Crippen LogP contribution in [0.3, 0.4) is 0 Å². The van der Waals surface area contributed by atoms with Crippen molar-refractivity contribution in [2.24, 2.45) is 0 Å². The van der Waals surface area contributed by atoms with E-state index < -0.39 is 0 Å². The van der Waals surface area contributed by atoms with Crippen molar-refractivity contribution in [2.75, 3.05) is 12.4 Å². The van der Waals surface area contributed by atoms with Gasteiger partial charge in [-0.2, -0.15) is 0 Å². The van der Waals surface area contributed by atoms with Crippen molar-refractivity contribution >= 4 is 11.6 Å². The molecule has 4 nitrogen and oxygen atoms in total. The predicted molar refractivity (Wildman–Crippen MR) is 78.2 cm³/mol. The van der Waals surface area contributed by atoms with Crippen LogP contribution in [0.4, 0.5) is 5.69 Å². The maximum absolute atomic E-state index is 12.0. The summed E-state index contributed by atoms with van der Waals surface area (Å²) in [6.45, 7) is 1.88. The van der Waals surface area contributed by atoms with Gasteiger partial charge in [-0.1, -0.05) is 24.3 Å². The molecule has 2 N–H and O–H groups in total. The zero-order valence-electron chi connectivity index (χ0n) is 11.5. The van der Waals surface area contributed by atoms with E-state index in [1.54, 1.807) is 19.2 Å². The molecule has 2 aromatic carbocycles. The summed E-state index contributed by atoms with van der Waals surface area (Å²) in [6.07, 6.45) is 0.192. The number of amides is 1. The molecule has 0 aliphatic carbocycles. The highest BCUT2D eigenvalue weighted by molar-refractivity contribution is 5.94. The number of para-hydroxylation sites is 1. The monoisotopic (exact) mass is 271 g/mol. The average Bonchev–Trinajstić information content (AvgIpc) is 2.42. The minimum atomic E-state index is -0.200. The van der Waals surface area contributed by atoms with Crippen molar-refractivity contribution in [3.05, 3.63) is 53.6 Å². The standard InChI is InChI=1S/C16H17NO3/c1-11-7-8-13(14(18)9-11)17-16(19)10-12-5-3-4-6-15(12)20-2/h3-9,18H,10H2,1-2H3,(H,17,19). The number of aryl methyl sites for hydroxylation is 1. The van der Waals surface area contributed by atoms with E-state index in [1.165, 1.54) is 0 Å². The Bertz CT molecular complexity index is 623. The van der Waals surface area contributed by atoms with Crippen LogP contribution in [0.1, 0.15) is 11.1 Å². The molecule has 0 aliphatic rings. The van der Waals surface area contributed by atoms with Crippen LogP contribution in [-0.2, 0) is 11.2 Å². The largest absolute Gasteiger partial charge is 0.506 e. The van der Waals surface area contributed by atoms with E-state index in [1.807, 2.05) is 37.3 Å². The second-order valence-electron chi connectivity index (χ2n) is 4.56. The molecule has 0 radical (unpaired) electrons. The number of nitrogens with one attached hydrogen (secondary N) is 1. The Morgan fingerprint density at radius 1 is 1.25 bits per heavy atom. The maximum atomic E-state index is 12.0. The van der Waals surface area contributed by atoms with Crippen LogP contribution in [0.2, 0.25) is 0 Å². The molecule has 0 unspecified atom stereocenters. The van der Waals surface area contributed by atoms with Gasteiger partial charge in [0.2, 0.25) is 5.91 Å². The molecule has 4 heteroatoms. The highest BCUT2D eigenvalue weighted by atomic mass is 16.5. The van der Waals surface area contributed by atoms with Crippen LogP contribution in [0.5, 0.6) is 11.5 Å². The van der Waals surface area contributed by atoms with Crippen molar-refractivity contribution < 1.29 is 14.6 Å². The summed E-state index contributed by atoms with van der Waals surface area (Å²) in [4.78, 5) is 12.0. The number of hydrogen-bond donors (Lipinski definition) is 2. The van der Waals surface area contributed by atoms with Gasteiger partial charge < -0.3 is 15.2 Å². The third kappa shape index (κ3) is 3.29. The van der Waals surface area contributed by atoms with E-state index in [0.717, 1.165) is 11.1 Å². The lowest BCUT2D eigenvalue weighted by Crippen LogP contribution is -2.15. The van der Waals surface area contributed by atoms with Gasteiger partial charge >= 0.3 is 0 Å². The van der Waals surface area contributed by atoms with Gasteiger partial charge in [0.1, 0.15) is 11.5 Å². The van der Waals surface area contributed by atoms with Crippen molar-refractivity contribution in [1.82, 2.24) is 0 Å². The molecule has 20 heavy (non-hydrogen) atoms. The van der Waals surface area contributed by atoms with Crippen molar-refractivity contribution in [1.29, 1.82) is 0 Å². The molecule has 104 valence electrons.